The number of aliphatic hydroxyl groups excluding tert-OH is 1. The van der Waals surface area contributed by atoms with Gasteiger partial charge in [-0.2, -0.15) is 0 Å². The van der Waals surface area contributed by atoms with Crippen LogP contribution >= 0.6 is 14.5 Å². The van der Waals surface area contributed by atoms with E-state index in [-0.39, 0.29) is 0 Å². The molecular weight excluding hydrogens is 354 g/mol. The molecule has 0 aliphatic heterocycles. The highest BCUT2D eigenvalue weighted by Gasteiger charge is 2.40. The van der Waals surface area contributed by atoms with Gasteiger partial charge in [-0.15, -0.1) is 0 Å². The van der Waals surface area contributed by atoms with Crippen LogP contribution in [0.2, 0.25) is 0 Å². The minimum absolute atomic E-state index is 0.617. The molecule has 0 saturated heterocycles. The van der Waals surface area contributed by atoms with Crippen LogP contribution in [-0.2, 0) is 0 Å². The van der Waals surface area contributed by atoms with Gasteiger partial charge in [-0.1, -0.05) is 36.4 Å². The van der Waals surface area contributed by atoms with E-state index in [1.807, 2.05) is 0 Å². The standard InChI is InChI=1S/C23H33OP2/c1-5-25(6-2,22-15-11-9-12-16-22)19-21(24)20-26(7-3,8-4)23-17-13-10-14-18-23/h9-19H,5-8,20H2,1-4H3/q+1/p+1/b21-19-. The molecule has 0 spiro atoms. The highest BCUT2D eigenvalue weighted by Crippen LogP contribution is 2.62. The third kappa shape index (κ3) is 4.57. The Bertz CT molecular complexity index is 687. The van der Waals surface area contributed by atoms with Crippen LogP contribution in [0.5, 0.6) is 0 Å². The second-order valence-corrected chi connectivity index (χ2v) is 15.4. The second kappa shape index (κ2) is 9.68. The fourth-order valence-corrected chi connectivity index (χ4v) is 10.4. The summed E-state index contributed by atoms with van der Waals surface area (Å²) in [7, 11) is -2.82. The Labute approximate surface area is 161 Å². The summed E-state index contributed by atoms with van der Waals surface area (Å²) in [4.78, 5) is 0. The summed E-state index contributed by atoms with van der Waals surface area (Å²) in [5.41, 5.74) is 0. The number of aliphatic hydroxyl groups is 1. The molecule has 0 aromatic heterocycles. The van der Waals surface area contributed by atoms with Gasteiger partial charge in [0.1, 0.15) is 12.0 Å². The second-order valence-electron chi connectivity index (χ2n) is 6.89. The van der Waals surface area contributed by atoms with Crippen LogP contribution in [0.15, 0.2) is 72.2 Å². The van der Waals surface area contributed by atoms with E-state index in [0.717, 1.165) is 30.8 Å². The van der Waals surface area contributed by atoms with Gasteiger partial charge in [0, 0.05) is 0 Å². The van der Waals surface area contributed by atoms with Gasteiger partial charge >= 0.3 is 0 Å². The Morgan fingerprint density at radius 2 is 1.19 bits per heavy atom. The number of benzene rings is 2. The molecule has 2 aromatic carbocycles. The minimum atomic E-state index is -1.46. The molecule has 1 nitrogen and oxygen atoms in total. The molecule has 26 heavy (non-hydrogen) atoms. The number of hydrogen-bond donors (Lipinski definition) is 1. The Morgan fingerprint density at radius 1 is 0.731 bits per heavy atom. The fourth-order valence-electron chi connectivity index (χ4n) is 3.85. The maximum absolute atomic E-state index is 11.1. The lowest BCUT2D eigenvalue weighted by Crippen LogP contribution is -2.20. The Hall–Kier alpha value is -1.16. The predicted octanol–water partition coefficient (Wildman–Crippen LogP) is 6.15. The predicted molar refractivity (Wildman–Crippen MR) is 124 cm³/mol. The summed E-state index contributed by atoms with van der Waals surface area (Å²) >= 11 is 0. The summed E-state index contributed by atoms with van der Waals surface area (Å²) < 4.78 is 0. The highest BCUT2D eigenvalue weighted by atomic mass is 31.2. The molecule has 0 amide bonds. The molecule has 0 aliphatic carbocycles. The van der Waals surface area contributed by atoms with Crippen LogP contribution in [-0.4, -0.2) is 35.9 Å². The molecule has 0 unspecified atom stereocenters. The van der Waals surface area contributed by atoms with E-state index < -0.39 is 14.5 Å². The lowest BCUT2D eigenvalue weighted by atomic mass is 10.4. The van der Waals surface area contributed by atoms with E-state index in [0.29, 0.717) is 5.76 Å². The minimum Gasteiger partial charge on any atom is -0.506 e. The third-order valence-electron chi connectivity index (χ3n) is 5.77. The van der Waals surface area contributed by atoms with Crippen LogP contribution in [0.4, 0.5) is 0 Å². The molecule has 0 bridgehead atoms. The summed E-state index contributed by atoms with van der Waals surface area (Å²) in [6.07, 6.45) is 5.32. The van der Waals surface area contributed by atoms with Gasteiger partial charge in [0.05, 0.1) is 49.8 Å². The molecule has 2 rings (SSSR count). The van der Waals surface area contributed by atoms with E-state index in [9.17, 15) is 5.11 Å². The van der Waals surface area contributed by atoms with Crippen molar-refractivity contribution in [2.24, 2.45) is 0 Å². The average Bonchev–Trinajstić information content (AvgIpc) is 2.71. The normalized spacial score (nSPS) is 13.0. The largest absolute Gasteiger partial charge is 0.506 e. The molecule has 0 radical (unpaired) electrons. The van der Waals surface area contributed by atoms with Gasteiger partial charge in [-0.05, 0) is 52.0 Å². The van der Waals surface area contributed by atoms with Crippen molar-refractivity contribution in [3.8, 4) is 0 Å². The topological polar surface area (TPSA) is 20.2 Å². The molecule has 0 fully saturated rings. The quantitative estimate of drug-likeness (QED) is 0.403. The van der Waals surface area contributed by atoms with Crippen molar-refractivity contribution in [2.75, 3.05) is 30.8 Å². The van der Waals surface area contributed by atoms with Gasteiger partial charge < -0.3 is 5.11 Å². The van der Waals surface area contributed by atoms with Crippen molar-refractivity contribution >= 4 is 25.1 Å². The first-order valence-corrected chi connectivity index (χ1v) is 14.4. The smallest absolute Gasteiger partial charge is 0.165 e. The summed E-state index contributed by atoms with van der Waals surface area (Å²) in [5, 5.41) is 13.9. The zero-order chi connectivity index (χ0) is 19.0. The summed E-state index contributed by atoms with van der Waals surface area (Å²) in [6.45, 7) is 9.12. The van der Waals surface area contributed by atoms with Crippen LogP contribution in [0.25, 0.3) is 0 Å². The molecule has 0 atom stereocenters. The molecule has 3 heteroatoms. The Morgan fingerprint density at radius 3 is 1.62 bits per heavy atom. The van der Waals surface area contributed by atoms with Crippen molar-refractivity contribution in [1.82, 2.24) is 0 Å². The van der Waals surface area contributed by atoms with Crippen LogP contribution < -0.4 is 10.6 Å². The molecular formula is C23H34OP2+2. The lowest BCUT2D eigenvalue weighted by molar-refractivity contribution is 0.417. The number of rotatable bonds is 9. The first-order chi connectivity index (χ1) is 12.6. The maximum Gasteiger partial charge on any atom is 0.165 e. The van der Waals surface area contributed by atoms with Gasteiger partial charge in [0.15, 0.2) is 5.76 Å². The zero-order valence-electron chi connectivity index (χ0n) is 16.7. The number of hydrogen-bond acceptors (Lipinski definition) is 1. The molecule has 0 heterocycles. The van der Waals surface area contributed by atoms with Crippen molar-refractivity contribution < 1.29 is 5.11 Å². The molecule has 0 aliphatic rings. The first kappa shape index (κ1) is 21.1. The van der Waals surface area contributed by atoms with Crippen LogP contribution in [0.1, 0.15) is 27.7 Å². The third-order valence-corrected chi connectivity index (χ3v) is 14.9. The van der Waals surface area contributed by atoms with Crippen LogP contribution in [0, 0.1) is 0 Å². The Balaban J connectivity index is 2.39. The van der Waals surface area contributed by atoms with Crippen LogP contribution in [0.3, 0.4) is 0 Å². The fraction of sp³-hybridized carbons (Fsp3) is 0.391. The van der Waals surface area contributed by atoms with Gasteiger partial charge in [-0.25, -0.2) is 0 Å². The lowest BCUT2D eigenvalue weighted by Gasteiger charge is -2.26. The molecule has 2 aromatic rings. The van der Waals surface area contributed by atoms with Crippen molar-refractivity contribution in [3.05, 3.63) is 72.2 Å². The van der Waals surface area contributed by atoms with Crippen molar-refractivity contribution in [3.63, 3.8) is 0 Å². The van der Waals surface area contributed by atoms with E-state index >= 15 is 0 Å². The first-order valence-electron chi connectivity index (χ1n) is 9.80. The monoisotopic (exact) mass is 388 g/mol. The SMILES string of the molecule is CC[P+](/C=C(\O)C[P+](CC)(CC)c1ccccc1)(CC)c1ccccc1. The van der Waals surface area contributed by atoms with E-state index in [4.69, 9.17) is 0 Å². The highest BCUT2D eigenvalue weighted by molar-refractivity contribution is 7.86. The maximum atomic E-state index is 11.1. The molecule has 0 saturated carbocycles. The molecule has 1 N–H and O–H groups in total. The van der Waals surface area contributed by atoms with E-state index in [2.05, 4.69) is 94.2 Å². The molecule has 140 valence electrons. The summed E-state index contributed by atoms with van der Waals surface area (Å²) in [5.74, 6) is 2.89. The summed E-state index contributed by atoms with van der Waals surface area (Å²) in [6, 6.07) is 21.7. The Kier molecular flexibility index (Phi) is 7.87. The van der Waals surface area contributed by atoms with Crippen molar-refractivity contribution in [2.45, 2.75) is 27.7 Å². The van der Waals surface area contributed by atoms with Gasteiger partial charge in [0.2, 0.25) is 0 Å². The number of allylic oxidation sites excluding steroid dienone is 1. The van der Waals surface area contributed by atoms with E-state index in [1.54, 1.807) is 0 Å². The zero-order valence-corrected chi connectivity index (χ0v) is 18.5. The van der Waals surface area contributed by atoms with E-state index in [1.165, 1.54) is 10.6 Å². The van der Waals surface area contributed by atoms with Gasteiger partial charge in [0.25, 0.3) is 0 Å². The van der Waals surface area contributed by atoms with Gasteiger partial charge in [-0.3, -0.25) is 0 Å². The average molecular weight is 388 g/mol. The van der Waals surface area contributed by atoms with Crippen molar-refractivity contribution in [1.29, 1.82) is 0 Å².